The second-order valence-electron chi connectivity index (χ2n) is 5.49. The maximum Gasteiger partial charge on any atom is 0.248 e. The average molecular weight is 224 g/mol. The van der Waals surface area contributed by atoms with Crippen LogP contribution in [0, 0.1) is 5.92 Å². The van der Waals surface area contributed by atoms with Gasteiger partial charge in [0.1, 0.15) is 5.54 Å². The molecule has 2 aliphatic rings. The molecule has 0 atom stereocenters. The number of hydrogen-bond acceptors (Lipinski definition) is 2. The van der Waals surface area contributed by atoms with Gasteiger partial charge in [-0.3, -0.25) is 9.59 Å². The van der Waals surface area contributed by atoms with Gasteiger partial charge < -0.3 is 10.2 Å². The Balaban J connectivity index is 1.91. The molecule has 1 aliphatic carbocycles. The minimum Gasteiger partial charge on any atom is -0.341 e. The molecule has 1 saturated heterocycles. The summed E-state index contributed by atoms with van der Waals surface area (Å²) in [4.78, 5) is 25.2. The summed E-state index contributed by atoms with van der Waals surface area (Å²) < 4.78 is 0. The number of carbonyl (C=O) groups excluding carboxylic acids is 2. The maximum atomic E-state index is 12.0. The molecule has 2 amide bonds. The molecule has 0 radical (unpaired) electrons. The first-order chi connectivity index (χ1) is 7.49. The summed E-state index contributed by atoms with van der Waals surface area (Å²) in [6.45, 7) is 4.50. The van der Waals surface area contributed by atoms with Crippen molar-refractivity contribution in [1.29, 1.82) is 0 Å². The second-order valence-corrected chi connectivity index (χ2v) is 5.49. The molecular weight excluding hydrogens is 204 g/mol. The second kappa shape index (κ2) is 4.07. The lowest BCUT2D eigenvalue weighted by atomic mass is 9.83. The topological polar surface area (TPSA) is 49.4 Å². The fraction of sp³-hybridized carbons (Fsp3) is 0.833. The lowest BCUT2D eigenvalue weighted by Crippen LogP contribution is -2.63. The van der Waals surface area contributed by atoms with E-state index < -0.39 is 5.54 Å². The van der Waals surface area contributed by atoms with Gasteiger partial charge in [0, 0.05) is 6.54 Å². The number of rotatable bonds is 3. The van der Waals surface area contributed by atoms with Crippen LogP contribution in [0.1, 0.15) is 39.5 Å². The van der Waals surface area contributed by atoms with Crippen molar-refractivity contribution in [2.75, 3.05) is 13.1 Å². The van der Waals surface area contributed by atoms with Crippen LogP contribution in [0.5, 0.6) is 0 Å². The molecule has 1 heterocycles. The Morgan fingerprint density at radius 1 is 1.38 bits per heavy atom. The van der Waals surface area contributed by atoms with E-state index in [4.69, 9.17) is 0 Å². The summed E-state index contributed by atoms with van der Waals surface area (Å²) in [5.41, 5.74) is -0.727. The van der Waals surface area contributed by atoms with Gasteiger partial charge in [0.2, 0.25) is 11.8 Å². The highest BCUT2D eigenvalue weighted by atomic mass is 16.2. The Morgan fingerprint density at radius 2 is 2.06 bits per heavy atom. The van der Waals surface area contributed by atoms with Crippen LogP contribution in [0.2, 0.25) is 0 Å². The number of nitrogens with one attached hydrogen (secondary N) is 1. The monoisotopic (exact) mass is 224 g/mol. The molecule has 2 fully saturated rings. The Bertz CT molecular complexity index is 308. The molecule has 1 N–H and O–H groups in total. The summed E-state index contributed by atoms with van der Waals surface area (Å²) in [5.74, 6) is 0.783. The molecular formula is C12H20N2O2. The van der Waals surface area contributed by atoms with Gasteiger partial charge in [-0.2, -0.15) is 0 Å². The highest BCUT2D eigenvalue weighted by Crippen LogP contribution is 2.29. The Kier molecular flexibility index (Phi) is 2.91. The van der Waals surface area contributed by atoms with Crippen molar-refractivity contribution in [3.8, 4) is 0 Å². The molecule has 0 aromatic rings. The molecule has 0 unspecified atom stereocenters. The van der Waals surface area contributed by atoms with Gasteiger partial charge in [-0.25, -0.2) is 0 Å². The van der Waals surface area contributed by atoms with Crippen molar-refractivity contribution in [1.82, 2.24) is 10.2 Å². The Morgan fingerprint density at radius 3 is 2.62 bits per heavy atom. The normalized spacial score (nSPS) is 25.2. The van der Waals surface area contributed by atoms with E-state index in [0.717, 1.165) is 18.9 Å². The molecule has 0 aromatic heterocycles. The highest BCUT2D eigenvalue weighted by molar-refractivity contribution is 5.97. The van der Waals surface area contributed by atoms with Crippen molar-refractivity contribution < 1.29 is 9.59 Å². The van der Waals surface area contributed by atoms with Gasteiger partial charge in [-0.1, -0.05) is 19.3 Å². The van der Waals surface area contributed by atoms with Gasteiger partial charge in [-0.15, -0.1) is 0 Å². The fourth-order valence-corrected chi connectivity index (χ4v) is 2.38. The predicted molar refractivity (Wildman–Crippen MR) is 60.8 cm³/mol. The predicted octanol–water partition coefficient (Wildman–Crippen LogP) is 0.914. The van der Waals surface area contributed by atoms with Crippen LogP contribution in [0.4, 0.5) is 0 Å². The number of piperazine rings is 1. The summed E-state index contributed by atoms with van der Waals surface area (Å²) >= 11 is 0. The largest absolute Gasteiger partial charge is 0.341 e. The van der Waals surface area contributed by atoms with E-state index in [1.54, 1.807) is 18.7 Å². The third-order valence-corrected chi connectivity index (χ3v) is 3.64. The molecule has 4 heteroatoms. The van der Waals surface area contributed by atoms with E-state index in [2.05, 4.69) is 5.32 Å². The maximum absolute atomic E-state index is 12.0. The van der Waals surface area contributed by atoms with Crippen LogP contribution in [0.15, 0.2) is 0 Å². The highest BCUT2D eigenvalue weighted by Gasteiger charge is 2.38. The van der Waals surface area contributed by atoms with Crippen LogP contribution >= 0.6 is 0 Å². The van der Waals surface area contributed by atoms with Gasteiger partial charge in [0.25, 0.3) is 0 Å². The number of amides is 2. The van der Waals surface area contributed by atoms with Crippen molar-refractivity contribution in [2.45, 2.75) is 45.1 Å². The standard InChI is InChI=1S/C12H20N2O2/c1-12(2)11(16)14(8-10(15)13-12)7-6-9-4-3-5-9/h9H,3-8H2,1-2H3,(H,13,15). The van der Waals surface area contributed by atoms with Gasteiger partial charge in [-0.05, 0) is 26.2 Å². The van der Waals surface area contributed by atoms with Crippen molar-refractivity contribution in [3.05, 3.63) is 0 Å². The number of nitrogens with zero attached hydrogens (tertiary/aromatic N) is 1. The van der Waals surface area contributed by atoms with Crippen LogP contribution < -0.4 is 5.32 Å². The molecule has 90 valence electrons. The first-order valence-electron chi connectivity index (χ1n) is 6.09. The third kappa shape index (κ3) is 2.20. The lowest BCUT2D eigenvalue weighted by Gasteiger charge is -2.38. The minimum atomic E-state index is -0.727. The molecule has 1 saturated carbocycles. The van der Waals surface area contributed by atoms with Crippen LogP contribution in [-0.2, 0) is 9.59 Å². The fourth-order valence-electron chi connectivity index (χ4n) is 2.38. The van der Waals surface area contributed by atoms with Crippen molar-refractivity contribution >= 4 is 11.8 Å². The third-order valence-electron chi connectivity index (χ3n) is 3.64. The number of hydrogen-bond donors (Lipinski definition) is 1. The SMILES string of the molecule is CC1(C)NC(=O)CN(CCC2CCC2)C1=O. The van der Waals surface area contributed by atoms with E-state index in [0.29, 0.717) is 0 Å². The first-order valence-corrected chi connectivity index (χ1v) is 6.09. The van der Waals surface area contributed by atoms with Crippen LogP contribution in [-0.4, -0.2) is 35.3 Å². The Hall–Kier alpha value is -1.06. The van der Waals surface area contributed by atoms with Gasteiger partial charge >= 0.3 is 0 Å². The van der Waals surface area contributed by atoms with E-state index in [1.165, 1.54) is 19.3 Å². The lowest BCUT2D eigenvalue weighted by molar-refractivity contribution is -0.148. The van der Waals surface area contributed by atoms with Gasteiger partial charge in [0.05, 0.1) is 6.54 Å². The zero-order valence-electron chi connectivity index (χ0n) is 10.1. The van der Waals surface area contributed by atoms with E-state index >= 15 is 0 Å². The van der Waals surface area contributed by atoms with E-state index in [-0.39, 0.29) is 18.4 Å². The average Bonchev–Trinajstić information content (AvgIpc) is 2.09. The smallest absolute Gasteiger partial charge is 0.248 e. The molecule has 4 nitrogen and oxygen atoms in total. The molecule has 2 rings (SSSR count). The summed E-state index contributed by atoms with van der Waals surface area (Å²) in [5, 5.41) is 2.72. The van der Waals surface area contributed by atoms with E-state index in [9.17, 15) is 9.59 Å². The first kappa shape index (κ1) is 11.4. The minimum absolute atomic E-state index is 0.0433. The quantitative estimate of drug-likeness (QED) is 0.774. The van der Waals surface area contributed by atoms with Crippen molar-refractivity contribution in [2.24, 2.45) is 5.92 Å². The summed E-state index contributed by atoms with van der Waals surface area (Å²) in [6.07, 6.45) is 4.95. The van der Waals surface area contributed by atoms with E-state index in [1.807, 2.05) is 0 Å². The van der Waals surface area contributed by atoms with Crippen LogP contribution in [0.25, 0.3) is 0 Å². The molecule has 0 spiro atoms. The zero-order valence-corrected chi connectivity index (χ0v) is 10.1. The molecule has 16 heavy (non-hydrogen) atoms. The van der Waals surface area contributed by atoms with Gasteiger partial charge in [0.15, 0.2) is 0 Å². The van der Waals surface area contributed by atoms with Crippen molar-refractivity contribution in [3.63, 3.8) is 0 Å². The molecule has 0 bridgehead atoms. The summed E-state index contributed by atoms with van der Waals surface area (Å²) in [7, 11) is 0. The zero-order chi connectivity index (χ0) is 11.8. The van der Waals surface area contributed by atoms with Crippen LogP contribution in [0.3, 0.4) is 0 Å². The summed E-state index contributed by atoms with van der Waals surface area (Å²) in [6, 6.07) is 0. The Labute approximate surface area is 96.4 Å². The molecule has 0 aromatic carbocycles. The number of carbonyl (C=O) groups is 2. The molecule has 1 aliphatic heterocycles.